The van der Waals surface area contributed by atoms with Crippen LogP contribution in [0.1, 0.15) is 20.2 Å². The van der Waals surface area contributed by atoms with E-state index in [0.717, 1.165) is 11.3 Å². The lowest BCUT2D eigenvalue weighted by Crippen LogP contribution is -2.41. The largest absolute Gasteiger partial charge is 0.347 e. The molecule has 0 unspecified atom stereocenters. The molecule has 0 saturated heterocycles. The third-order valence-corrected chi connectivity index (χ3v) is 4.55. The molecule has 2 N–H and O–H groups in total. The van der Waals surface area contributed by atoms with Crippen molar-refractivity contribution in [3.05, 3.63) is 71.1 Å². The first kappa shape index (κ1) is 15.9. The predicted molar refractivity (Wildman–Crippen MR) is 90.1 cm³/mol. The minimum atomic E-state index is -0.454. The van der Waals surface area contributed by atoms with Crippen LogP contribution in [0.15, 0.2) is 54.7 Å². The predicted octanol–water partition coefficient (Wildman–Crippen LogP) is 2.97. The van der Waals surface area contributed by atoms with Gasteiger partial charge >= 0.3 is 0 Å². The Morgan fingerprint density at radius 3 is 2.46 bits per heavy atom. The first-order chi connectivity index (χ1) is 11.6. The molecule has 5 nitrogen and oxygen atoms in total. The van der Waals surface area contributed by atoms with Crippen LogP contribution < -0.4 is 10.9 Å². The van der Waals surface area contributed by atoms with Crippen LogP contribution in [0.3, 0.4) is 0 Å². The van der Waals surface area contributed by atoms with Gasteiger partial charge < -0.3 is 4.57 Å². The average Bonchev–Trinajstić information content (AvgIpc) is 3.22. The second kappa shape index (κ2) is 6.67. The van der Waals surface area contributed by atoms with Crippen LogP contribution in [0.25, 0.3) is 10.4 Å². The highest BCUT2D eigenvalue weighted by atomic mass is 32.1. The molecule has 3 rings (SSSR count). The quantitative estimate of drug-likeness (QED) is 0.718. The van der Waals surface area contributed by atoms with Crippen molar-refractivity contribution in [3.63, 3.8) is 0 Å². The molecule has 0 atom stereocenters. The van der Waals surface area contributed by atoms with Crippen molar-refractivity contribution in [2.75, 3.05) is 0 Å². The Kier molecular flexibility index (Phi) is 4.43. The van der Waals surface area contributed by atoms with Gasteiger partial charge in [-0.1, -0.05) is 18.2 Å². The number of nitrogens with zero attached hydrogens (tertiary/aromatic N) is 1. The number of benzene rings is 1. The van der Waals surface area contributed by atoms with E-state index >= 15 is 0 Å². The van der Waals surface area contributed by atoms with Gasteiger partial charge in [-0.3, -0.25) is 20.4 Å². The SMILES string of the molecule is Cn1cccc1C(=O)NNC(=O)c1ccc(-c2ccccc2F)s1. The number of carbonyl (C=O) groups excluding carboxylic acids is 2. The van der Waals surface area contributed by atoms with Crippen molar-refractivity contribution < 1.29 is 14.0 Å². The zero-order valence-corrected chi connectivity index (χ0v) is 13.6. The lowest BCUT2D eigenvalue weighted by Gasteiger charge is -2.06. The smallest absolute Gasteiger partial charge is 0.286 e. The minimum Gasteiger partial charge on any atom is -0.347 e. The zero-order valence-electron chi connectivity index (χ0n) is 12.7. The van der Waals surface area contributed by atoms with E-state index in [4.69, 9.17) is 0 Å². The Balaban J connectivity index is 1.67. The Labute approximate surface area is 141 Å². The average molecular weight is 343 g/mol. The Hall–Kier alpha value is -2.93. The molecule has 2 amide bonds. The number of rotatable bonds is 3. The lowest BCUT2D eigenvalue weighted by molar-refractivity contribution is 0.0844. The van der Waals surface area contributed by atoms with Crippen LogP contribution >= 0.6 is 11.3 Å². The number of amides is 2. The van der Waals surface area contributed by atoms with Crippen molar-refractivity contribution >= 4 is 23.2 Å². The third kappa shape index (κ3) is 3.21. The maximum absolute atomic E-state index is 13.8. The highest BCUT2D eigenvalue weighted by molar-refractivity contribution is 7.17. The molecule has 0 spiro atoms. The van der Waals surface area contributed by atoms with Crippen LogP contribution in [-0.4, -0.2) is 16.4 Å². The van der Waals surface area contributed by atoms with E-state index in [1.807, 2.05) is 0 Å². The van der Waals surface area contributed by atoms with Gasteiger partial charge in [-0.15, -0.1) is 11.3 Å². The zero-order chi connectivity index (χ0) is 17.1. The third-order valence-electron chi connectivity index (χ3n) is 3.44. The first-order valence-corrected chi connectivity index (χ1v) is 7.94. The number of carbonyl (C=O) groups is 2. The van der Waals surface area contributed by atoms with Crippen LogP contribution in [0.4, 0.5) is 4.39 Å². The summed E-state index contributed by atoms with van der Waals surface area (Å²) in [4.78, 5) is 25.1. The summed E-state index contributed by atoms with van der Waals surface area (Å²) in [7, 11) is 1.73. The monoisotopic (exact) mass is 343 g/mol. The highest BCUT2D eigenvalue weighted by Crippen LogP contribution is 2.29. The van der Waals surface area contributed by atoms with E-state index in [0.29, 0.717) is 21.0 Å². The van der Waals surface area contributed by atoms with Gasteiger partial charge in [-0.05, 0) is 30.3 Å². The molecule has 0 radical (unpaired) electrons. The maximum atomic E-state index is 13.8. The lowest BCUT2D eigenvalue weighted by atomic mass is 10.2. The standard InChI is InChI=1S/C17H14FN3O2S/c1-21-10-4-7-13(21)16(22)19-20-17(23)15-9-8-14(24-15)11-5-2-3-6-12(11)18/h2-10H,1H3,(H,19,22)(H,20,23). The van der Waals surface area contributed by atoms with E-state index < -0.39 is 11.8 Å². The highest BCUT2D eigenvalue weighted by Gasteiger charge is 2.14. The Morgan fingerprint density at radius 2 is 1.75 bits per heavy atom. The van der Waals surface area contributed by atoms with Gasteiger partial charge in [0, 0.05) is 23.7 Å². The van der Waals surface area contributed by atoms with E-state index in [9.17, 15) is 14.0 Å². The number of halogens is 1. The molecular formula is C17H14FN3O2S. The van der Waals surface area contributed by atoms with Gasteiger partial charge in [0.2, 0.25) is 0 Å². The number of hydrogen-bond acceptors (Lipinski definition) is 3. The second-order valence-electron chi connectivity index (χ2n) is 5.06. The fraction of sp³-hybridized carbons (Fsp3) is 0.0588. The fourth-order valence-corrected chi connectivity index (χ4v) is 3.13. The minimum absolute atomic E-state index is 0.344. The Morgan fingerprint density at radius 1 is 1.00 bits per heavy atom. The molecule has 2 heterocycles. The molecule has 0 aliphatic heterocycles. The molecule has 24 heavy (non-hydrogen) atoms. The summed E-state index contributed by atoms with van der Waals surface area (Å²) >= 11 is 1.15. The molecule has 0 saturated carbocycles. The maximum Gasteiger partial charge on any atom is 0.286 e. The Bertz CT molecular complexity index is 901. The van der Waals surface area contributed by atoms with E-state index in [1.54, 1.807) is 60.3 Å². The molecule has 0 aliphatic rings. The molecule has 7 heteroatoms. The summed E-state index contributed by atoms with van der Waals surface area (Å²) in [6.45, 7) is 0. The van der Waals surface area contributed by atoms with Crippen LogP contribution in [0.2, 0.25) is 0 Å². The molecule has 1 aromatic carbocycles. The molecule has 0 aliphatic carbocycles. The van der Waals surface area contributed by atoms with E-state index in [1.165, 1.54) is 6.07 Å². The van der Waals surface area contributed by atoms with Crippen molar-refractivity contribution in [1.29, 1.82) is 0 Å². The van der Waals surface area contributed by atoms with Crippen LogP contribution in [0.5, 0.6) is 0 Å². The van der Waals surface area contributed by atoms with Gasteiger partial charge in [-0.25, -0.2) is 4.39 Å². The molecule has 0 fully saturated rings. The number of aryl methyl sites for hydroxylation is 1. The number of hydrazine groups is 1. The molecule has 122 valence electrons. The normalized spacial score (nSPS) is 10.4. The molecule has 3 aromatic rings. The van der Waals surface area contributed by atoms with Gasteiger partial charge in [0.15, 0.2) is 0 Å². The summed E-state index contributed by atoms with van der Waals surface area (Å²) in [6, 6.07) is 13.0. The summed E-state index contributed by atoms with van der Waals surface area (Å²) in [6.07, 6.45) is 1.73. The molecule has 0 bridgehead atoms. The van der Waals surface area contributed by atoms with Gasteiger partial charge in [0.1, 0.15) is 11.5 Å². The van der Waals surface area contributed by atoms with Crippen molar-refractivity contribution in [2.45, 2.75) is 0 Å². The summed E-state index contributed by atoms with van der Waals surface area (Å²) < 4.78 is 15.4. The topological polar surface area (TPSA) is 63.1 Å². The summed E-state index contributed by atoms with van der Waals surface area (Å²) in [5.41, 5.74) is 5.58. The molecular weight excluding hydrogens is 329 g/mol. The second-order valence-corrected chi connectivity index (χ2v) is 6.14. The fourth-order valence-electron chi connectivity index (χ4n) is 2.20. The summed E-state index contributed by atoms with van der Waals surface area (Å²) in [5.74, 6) is -1.21. The number of aromatic nitrogens is 1. The van der Waals surface area contributed by atoms with Crippen LogP contribution in [0, 0.1) is 5.82 Å². The van der Waals surface area contributed by atoms with Gasteiger partial charge in [0.25, 0.3) is 11.8 Å². The van der Waals surface area contributed by atoms with Crippen LogP contribution in [-0.2, 0) is 7.05 Å². The number of hydrogen-bond donors (Lipinski definition) is 2. The van der Waals surface area contributed by atoms with Crippen molar-refractivity contribution in [2.24, 2.45) is 7.05 Å². The van der Waals surface area contributed by atoms with E-state index in [2.05, 4.69) is 10.9 Å². The van der Waals surface area contributed by atoms with Gasteiger partial charge in [-0.2, -0.15) is 0 Å². The molecule has 2 aromatic heterocycles. The summed E-state index contributed by atoms with van der Waals surface area (Å²) in [5, 5.41) is 0. The van der Waals surface area contributed by atoms with E-state index in [-0.39, 0.29) is 5.82 Å². The number of nitrogens with one attached hydrogen (secondary N) is 2. The van der Waals surface area contributed by atoms with Crippen molar-refractivity contribution in [3.8, 4) is 10.4 Å². The van der Waals surface area contributed by atoms with Crippen molar-refractivity contribution in [1.82, 2.24) is 15.4 Å². The number of thiophene rings is 1. The van der Waals surface area contributed by atoms with Gasteiger partial charge in [0.05, 0.1) is 4.88 Å². The first-order valence-electron chi connectivity index (χ1n) is 7.13.